The highest BCUT2D eigenvalue weighted by atomic mass is 19.1. The van der Waals surface area contributed by atoms with E-state index in [1.807, 2.05) is 19.1 Å². The van der Waals surface area contributed by atoms with E-state index in [-0.39, 0.29) is 23.2 Å². The fourth-order valence-corrected chi connectivity index (χ4v) is 5.48. The zero-order valence-electron chi connectivity index (χ0n) is 21.2. The van der Waals surface area contributed by atoms with Crippen LogP contribution >= 0.6 is 0 Å². The number of nitrogens with one attached hydrogen (secondary N) is 3. The van der Waals surface area contributed by atoms with Crippen molar-refractivity contribution in [3.63, 3.8) is 0 Å². The maximum absolute atomic E-state index is 14.6. The van der Waals surface area contributed by atoms with Gasteiger partial charge in [0.15, 0.2) is 0 Å². The normalized spacial score (nSPS) is 20.4. The van der Waals surface area contributed by atoms with Gasteiger partial charge in [-0.05, 0) is 44.5 Å². The van der Waals surface area contributed by atoms with E-state index in [0.29, 0.717) is 54.4 Å². The number of anilines is 2. The third-order valence-electron chi connectivity index (χ3n) is 7.75. The number of carbonyl (C=O) groups is 1. The summed E-state index contributed by atoms with van der Waals surface area (Å²) in [5.41, 5.74) is 4.81. The second-order valence-corrected chi connectivity index (χ2v) is 10.3. The first-order valence-electron chi connectivity index (χ1n) is 13.0. The molecule has 0 radical (unpaired) electrons. The summed E-state index contributed by atoms with van der Waals surface area (Å²) in [6.07, 6.45) is 5.90. The third kappa shape index (κ3) is 4.36. The van der Waals surface area contributed by atoms with Gasteiger partial charge in [0, 0.05) is 53.8 Å². The summed E-state index contributed by atoms with van der Waals surface area (Å²) in [5.74, 6) is 0.190. The Morgan fingerprint density at radius 1 is 1.32 bits per heavy atom. The van der Waals surface area contributed by atoms with E-state index in [1.54, 1.807) is 18.5 Å². The molecule has 3 aromatic rings. The number of hydrogen-bond acceptors (Lipinski definition) is 6. The molecule has 2 aromatic heterocycles. The number of ether oxygens (including phenoxy) is 2. The van der Waals surface area contributed by atoms with Gasteiger partial charge in [0.2, 0.25) is 0 Å². The summed E-state index contributed by atoms with van der Waals surface area (Å²) in [5, 5.41) is 6.51. The zero-order chi connectivity index (χ0) is 25.6. The molecule has 2 fully saturated rings. The van der Waals surface area contributed by atoms with Crippen molar-refractivity contribution in [1.29, 1.82) is 0 Å². The number of hydrogen-bond donors (Lipinski definition) is 3. The number of rotatable bonds is 7. The van der Waals surface area contributed by atoms with Gasteiger partial charge in [-0.2, -0.15) is 0 Å². The van der Waals surface area contributed by atoms with Crippen LogP contribution in [0.3, 0.4) is 0 Å². The van der Waals surface area contributed by atoms with Crippen molar-refractivity contribution >= 4 is 17.3 Å². The van der Waals surface area contributed by atoms with Crippen molar-refractivity contribution in [1.82, 2.24) is 20.2 Å². The van der Waals surface area contributed by atoms with Gasteiger partial charge in [-0.3, -0.25) is 9.78 Å². The molecule has 37 heavy (non-hydrogen) atoms. The Morgan fingerprint density at radius 3 is 2.97 bits per heavy atom. The Morgan fingerprint density at radius 2 is 2.19 bits per heavy atom. The number of amides is 1. The van der Waals surface area contributed by atoms with Gasteiger partial charge in [0.25, 0.3) is 5.91 Å². The molecule has 0 bridgehead atoms. The number of H-pyrrole nitrogens is 1. The molecule has 1 aromatic carbocycles. The molecule has 1 amide bonds. The standard InChI is InChI=1S/C28H32FN5O3/c1-3-18-20(29)5-4-6-21(18)32-25-23-26(28(8-9-28)16-31-27(23)35)33-24(25)19-7-10-30-13-22(19)37-15-17-14-34(2)11-12-36-17/h4-7,10,13,17,32-33H,3,8-9,11-12,14-16H2,1-2H3,(H,31,35). The van der Waals surface area contributed by atoms with Gasteiger partial charge in [-0.1, -0.05) is 13.0 Å². The molecule has 2 aliphatic heterocycles. The van der Waals surface area contributed by atoms with Gasteiger partial charge in [0.1, 0.15) is 24.3 Å². The first-order chi connectivity index (χ1) is 18.0. The molecule has 4 heterocycles. The average Bonchev–Trinajstić information content (AvgIpc) is 3.58. The van der Waals surface area contributed by atoms with Gasteiger partial charge >= 0.3 is 0 Å². The summed E-state index contributed by atoms with van der Waals surface area (Å²) >= 11 is 0. The Labute approximate surface area is 215 Å². The molecular formula is C28H32FN5O3. The van der Waals surface area contributed by atoms with Crippen molar-refractivity contribution < 1.29 is 18.7 Å². The molecule has 8 nitrogen and oxygen atoms in total. The van der Waals surface area contributed by atoms with E-state index in [0.717, 1.165) is 42.9 Å². The van der Waals surface area contributed by atoms with Crippen LogP contribution in [0.4, 0.5) is 15.8 Å². The van der Waals surface area contributed by atoms with E-state index >= 15 is 0 Å². The van der Waals surface area contributed by atoms with Crippen LogP contribution in [0.2, 0.25) is 0 Å². The van der Waals surface area contributed by atoms with E-state index < -0.39 is 0 Å². The lowest BCUT2D eigenvalue weighted by Gasteiger charge is -2.30. The highest BCUT2D eigenvalue weighted by molar-refractivity contribution is 6.07. The highest BCUT2D eigenvalue weighted by Crippen LogP contribution is 2.54. The average molecular weight is 506 g/mol. The molecule has 1 atom stereocenters. The monoisotopic (exact) mass is 505 g/mol. The lowest BCUT2D eigenvalue weighted by molar-refractivity contribution is -0.0403. The van der Waals surface area contributed by atoms with E-state index in [1.165, 1.54) is 6.07 Å². The van der Waals surface area contributed by atoms with E-state index in [9.17, 15) is 9.18 Å². The number of nitrogens with zero attached hydrogens (tertiary/aromatic N) is 2. The predicted molar refractivity (Wildman–Crippen MR) is 139 cm³/mol. The minimum atomic E-state index is -0.271. The Kier molecular flexibility index (Phi) is 6.12. The minimum Gasteiger partial charge on any atom is -0.488 e. The number of aromatic amines is 1. The Bertz CT molecular complexity index is 1340. The SMILES string of the molecule is CCc1c(F)cccc1Nc1c(-c2ccncc2OCC2CN(C)CCO2)[nH]c2c1C(=O)NCC21CC1. The van der Waals surface area contributed by atoms with Crippen molar-refractivity contribution in [3.8, 4) is 17.0 Å². The van der Waals surface area contributed by atoms with Crippen molar-refractivity contribution in [2.45, 2.75) is 37.7 Å². The number of morpholine rings is 1. The molecule has 3 N–H and O–H groups in total. The second kappa shape index (κ2) is 9.46. The first kappa shape index (κ1) is 23.9. The summed E-state index contributed by atoms with van der Waals surface area (Å²) < 4.78 is 26.8. The molecular weight excluding hydrogens is 473 g/mol. The number of likely N-dealkylation sites (N-methyl/N-ethyl adjacent to an activating group) is 1. The molecule has 1 spiro atoms. The number of carbonyl (C=O) groups excluding carboxylic acids is 1. The smallest absolute Gasteiger partial charge is 0.255 e. The largest absolute Gasteiger partial charge is 0.488 e. The number of fused-ring (bicyclic) bond motifs is 2. The molecule has 1 saturated heterocycles. The molecule has 1 unspecified atom stereocenters. The maximum atomic E-state index is 14.6. The fourth-order valence-electron chi connectivity index (χ4n) is 5.48. The Hall–Kier alpha value is -3.43. The number of halogens is 1. The molecule has 6 rings (SSSR count). The quantitative estimate of drug-likeness (QED) is 0.450. The molecule has 9 heteroatoms. The van der Waals surface area contributed by atoms with Crippen LogP contribution in [-0.2, 0) is 16.6 Å². The topological polar surface area (TPSA) is 91.5 Å². The van der Waals surface area contributed by atoms with Crippen LogP contribution in [0.1, 0.15) is 41.4 Å². The number of pyridine rings is 1. The van der Waals surface area contributed by atoms with Crippen molar-refractivity contribution in [3.05, 3.63) is 59.3 Å². The van der Waals surface area contributed by atoms with Crippen molar-refractivity contribution in [2.75, 3.05) is 45.2 Å². The Balaban J connectivity index is 1.43. The summed E-state index contributed by atoms with van der Waals surface area (Å²) in [7, 11) is 2.07. The third-order valence-corrected chi connectivity index (χ3v) is 7.75. The molecule has 194 valence electrons. The minimum absolute atomic E-state index is 0.0406. The summed E-state index contributed by atoms with van der Waals surface area (Å²) in [6.45, 7) is 5.29. The van der Waals surface area contributed by atoms with Crippen LogP contribution in [-0.4, -0.2) is 66.8 Å². The maximum Gasteiger partial charge on any atom is 0.255 e. The zero-order valence-corrected chi connectivity index (χ0v) is 21.2. The van der Waals surface area contributed by atoms with Crippen LogP contribution in [0.5, 0.6) is 5.75 Å². The molecule has 1 saturated carbocycles. The highest BCUT2D eigenvalue weighted by Gasteiger charge is 2.51. The van der Waals surface area contributed by atoms with Gasteiger partial charge in [-0.15, -0.1) is 0 Å². The number of aromatic nitrogens is 2. The molecule has 1 aliphatic carbocycles. The number of benzene rings is 1. The summed E-state index contributed by atoms with van der Waals surface area (Å²) in [4.78, 5) is 23.3. The van der Waals surface area contributed by atoms with Gasteiger partial charge in [-0.25, -0.2) is 4.39 Å². The van der Waals surface area contributed by atoms with E-state index in [4.69, 9.17) is 9.47 Å². The van der Waals surface area contributed by atoms with Crippen molar-refractivity contribution in [2.24, 2.45) is 0 Å². The molecule has 3 aliphatic rings. The van der Waals surface area contributed by atoms with Crippen LogP contribution in [0.15, 0.2) is 36.7 Å². The van der Waals surface area contributed by atoms with Gasteiger partial charge < -0.3 is 30.0 Å². The lowest BCUT2D eigenvalue weighted by Crippen LogP contribution is -2.42. The second-order valence-electron chi connectivity index (χ2n) is 10.3. The fraction of sp³-hybridized carbons (Fsp3) is 0.429. The van der Waals surface area contributed by atoms with Gasteiger partial charge in [0.05, 0.1) is 29.7 Å². The van der Waals surface area contributed by atoms with Crippen LogP contribution in [0, 0.1) is 5.82 Å². The van der Waals surface area contributed by atoms with E-state index in [2.05, 4.69) is 32.5 Å². The van der Waals surface area contributed by atoms with Crippen LogP contribution in [0.25, 0.3) is 11.3 Å². The lowest BCUT2D eigenvalue weighted by atomic mass is 9.93. The first-order valence-corrected chi connectivity index (χ1v) is 13.0. The predicted octanol–water partition coefficient (Wildman–Crippen LogP) is 4.01. The van der Waals surface area contributed by atoms with Crippen LogP contribution < -0.4 is 15.4 Å². The summed E-state index contributed by atoms with van der Waals surface area (Å²) in [6, 6.07) is 6.87.